The van der Waals surface area contributed by atoms with Crippen molar-refractivity contribution in [2.75, 3.05) is 38.6 Å². The second kappa shape index (κ2) is 9.84. The van der Waals surface area contributed by atoms with Crippen LogP contribution in [-0.2, 0) is 0 Å². The standard InChI is InChI=1S/C23H27FN4O4/c1-31-20-8-7-16(14-19(20)24)26-23(30)28-13-9-17(15-28)32-21-18(6-5-10-25-21)22(29)27-11-3-2-4-12-27/h5-8,10,14,17H,2-4,9,11-13,15H2,1H3,(H,26,30). The van der Waals surface area contributed by atoms with E-state index in [1.807, 2.05) is 4.90 Å². The fraction of sp³-hybridized carbons (Fsp3) is 0.435. The van der Waals surface area contributed by atoms with E-state index in [0.717, 1.165) is 32.4 Å². The number of rotatable bonds is 5. The minimum atomic E-state index is -0.547. The van der Waals surface area contributed by atoms with Crippen LogP contribution in [-0.4, -0.2) is 66.1 Å². The number of nitrogens with zero attached hydrogens (tertiary/aromatic N) is 3. The van der Waals surface area contributed by atoms with E-state index < -0.39 is 5.82 Å². The summed E-state index contributed by atoms with van der Waals surface area (Å²) in [5.74, 6) is -0.202. The Balaban J connectivity index is 1.36. The number of hydrogen-bond acceptors (Lipinski definition) is 5. The van der Waals surface area contributed by atoms with Crippen molar-refractivity contribution >= 4 is 17.6 Å². The van der Waals surface area contributed by atoms with Crippen molar-refractivity contribution in [3.05, 3.63) is 47.9 Å². The fourth-order valence-corrected chi connectivity index (χ4v) is 4.03. The highest BCUT2D eigenvalue weighted by Gasteiger charge is 2.30. The van der Waals surface area contributed by atoms with Gasteiger partial charge in [-0.25, -0.2) is 14.2 Å². The monoisotopic (exact) mass is 442 g/mol. The van der Waals surface area contributed by atoms with Gasteiger partial charge in [0.2, 0.25) is 5.88 Å². The zero-order valence-corrected chi connectivity index (χ0v) is 18.1. The molecule has 170 valence electrons. The van der Waals surface area contributed by atoms with Gasteiger partial charge in [-0.3, -0.25) is 4.79 Å². The van der Waals surface area contributed by atoms with Crippen molar-refractivity contribution in [1.29, 1.82) is 0 Å². The van der Waals surface area contributed by atoms with Crippen LogP contribution in [0.3, 0.4) is 0 Å². The number of urea groups is 1. The lowest BCUT2D eigenvalue weighted by Gasteiger charge is -2.27. The number of aromatic nitrogens is 1. The lowest BCUT2D eigenvalue weighted by atomic mass is 10.1. The molecule has 32 heavy (non-hydrogen) atoms. The predicted octanol–water partition coefficient (Wildman–Crippen LogP) is 3.54. The second-order valence-corrected chi connectivity index (χ2v) is 7.96. The summed E-state index contributed by atoms with van der Waals surface area (Å²) in [5.41, 5.74) is 0.794. The Labute approximate surface area is 186 Å². The average molecular weight is 442 g/mol. The number of likely N-dealkylation sites (tertiary alicyclic amines) is 2. The van der Waals surface area contributed by atoms with E-state index in [0.29, 0.717) is 36.6 Å². The van der Waals surface area contributed by atoms with E-state index in [2.05, 4.69) is 10.3 Å². The molecule has 2 aromatic rings. The van der Waals surface area contributed by atoms with Crippen LogP contribution in [0.25, 0.3) is 0 Å². The van der Waals surface area contributed by atoms with Crippen LogP contribution in [0.2, 0.25) is 0 Å². The summed E-state index contributed by atoms with van der Waals surface area (Å²) in [6, 6.07) is 7.38. The first-order valence-corrected chi connectivity index (χ1v) is 10.9. The maximum atomic E-state index is 13.9. The van der Waals surface area contributed by atoms with Crippen LogP contribution >= 0.6 is 0 Å². The van der Waals surface area contributed by atoms with Crippen molar-refractivity contribution in [2.45, 2.75) is 31.8 Å². The maximum absolute atomic E-state index is 13.9. The van der Waals surface area contributed by atoms with Crippen molar-refractivity contribution in [2.24, 2.45) is 0 Å². The molecule has 1 N–H and O–H groups in total. The number of benzene rings is 1. The van der Waals surface area contributed by atoms with E-state index in [-0.39, 0.29) is 23.8 Å². The normalized spacial score (nSPS) is 18.4. The number of carbonyl (C=O) groups excluding carboxylic acids is 2. The molecule has 8 nitrogen and oxygen atoms in total. The van der Waals surface area contributed by atoms with Gasteiger partial charge in [0.15, 0.2) is 11.6 Å². The lowest BCUT2D eigenvalue weighted by Crippen LogP contribution is -2.36. The van der Waals surface area contributed by atoms with Crippen LogP contribution in [0.4, 0.5) is 14.9 Å². The predicted molar refractivity (Wildman–Crippen MR) is 117 cm³/mol. The molecule has 3 heterocycles. The molecule has 1 atom stereocenters. The Morgan fingerprint density at radius 2 is 1.94 bits per heavy atom. The molecule has 2 saturated heterocycles. The summed E-state index contributed by atoms with van der Waals surface area (Å²) in [6.07, 6.45) is 5.08. The SMILES string of the molecule is COc1ccc(NC(=O)N2CCC(Oc3ncccc3C(=O)N3CCCCC3)C2)cc1F. The van der Waals surface area contributed by atoms with Crippen LogP contribution < -0.4 is 14.8 Å². The molecule has 2 aliphatic rings. The van der Waals surface area contributed by atoms with E-state index >= 15 is 0 Å². The van der Waals surface area contributed by atoms with E-state index in [1.54, 1.807) is 29.3 Å². The lowest BCUT2D eigenvalue weighted by molar-refractivity contribution is 0.0715. The largest absolute Gasteiger partial charge is 0.494 e. The molecule has 9 heteroatoms. The van der Waals surface area contributed by atoms with E-state index in [4.69, 9.17) is 9.47 Å². The van der Waals surface area contributed by atoms with Crippen molar-refractivity contribution in [3.63, 3.8) is 0 Å². The topological polar surface area (TPSA) is 84.0 Å². The molecule has 1 unspecified atom stereocenters. The number of anilines is 1. The van der Waals surface area contributed by atoms with Crippen LogP contribution in [0.1, 0.15) is 36.0 Å². The Morgan fingerprint density at radius 1 is 1.12 bits per heavy atom. The molecule has 1 aromatic heterocycles. The first-order chi connectivity index (χ1) is 15.5. The molecular formula is C23H27FN4O4. The second-order valence-electron chi connectivity index (χ2n) is 7.96. The number of carbonyl (C=O) groups is 2. The number of nitrogens with one attached hydrogen (secondary N) is 1. The molecular weight excluding hydrogens is 415 g/mol. The highest BCUT2D eigenvalue weighted by molar-refractivity contribution is 5.96. The van der Waals surface area contributed by atoms with Gasteiger partial charge in [0.05, 0.1) is 13.7 Å². The summed E-state index contributed by atoms with van der Waals surface area (Å²) < 4.78 is 24.8. The molecule has 1 aromatic carbocycles. The van der Waals surface area contributed by atoms with Gasteiger partial charge in [-0.2, -0.15) is 0 Å². The van der Waals surface area contributed by atoms with E-state index in [1.165, 1.54) is 19.2 Å². The van der Waals surface area contributed by atoms with Crippen LogP contribution in [0.5, 0.6) is 11.6 Å². The third-order valence-corrected chi connectivity index (χ3v) is 5.76. The molecule has 2 aliphatic heterocycles. The van der Waals surface area contributed by atoms with Crippen molar-refractivity contribution in [3.8, 4) is 11.6 Å². The number of ether oxygens (including phenoxy) is 2. The van der Waals surface area contributed by atoms with Gasteiger partial charge >= 0.3 is 6.03 Å². The Bertz CT molecular complexity index is 980. The molecule has 0 spiro atoms. The Hall–Kier alpha value is -3.36. The number of halogens is 1. The minimum absolute atomic E-state index is 0.0677. The summed E-state index contributed by atoms with van der Waals surface area (Å²) in [4.78, 5) is 33.2. The molecule has 0 radical (unpaired) electrons. The number of methoxy groups -OCH3 is 1. The number of amides is 3. The van der Waals surface area contributed by atoms with Gasteiger partial charge in [-0.15, -0.1) is 0 Å². The van der Waals surface area contributed by atoms with Crippen molar-refractivity contribution in [1.82, 2.24) is 14.8 Å². The summed E-state index contributed by atoms with van der Waals surface area (Å²) in [6.45, 7) is 2.32. The molecule has 2 fully saturated rings. The highest BCUT2D eigenvalue weighted by atomic mass is 19.1. The third kappa shape index (κ3) is 4.92. The molecule has 0 bridgehead atoms. The number of pyridine rings is 1. The quantitative estimate of drug-likeness (QED) is 0.766. The van der Waals surface area contributed by atoms with Gasteiger partial charge in [0.1, 0.15) is 11.7 Å². The molecule has 0 saturated carbocycles. The maximum Gasteiger partial charge on any atom is 0.321 e. The van der Waals surface area contributed by atoms with Crippen LogP contribution in [0, 0.1) is 5.82 Å². The third-order valence-electron chi connectivity index (χ3n) is 5.76. The average Bonchev–Trinajstić information content (AvgIpc) is 3.28. The summed E-state index contributed by atoms with van der Waals surface area (Å²) >= 11 is 0. The first kappa shape index (κ1) is 21.9. The summed E-state index contributed by atoms with van der Waals surface area (Å²) in [7, 11) is 1.38. The van der Waals surface area contributed by atoms with Gasteiger partial charge < -0.3 is 24.6 Å². The number of piperidine rings is 1. The zero-order valence-electron chi connectivity index (χ0n) is 18.1. The molecule has 4 rings (SSSR count). The summed E-state index contributed by atoms with van der Waals surface area (Å²) in [5, 5.41) is 2.69. The van der Waals surface area contributed by atoms with Crippen LogP contribution in [0.15, 0.2) is 36.5 Å². The number of hydrogen-bond donors (Lipinski definition) is 1. The first-order valence-electron chi connectivity index (χ1n) is 10.9. The molecule has 3 amide bonds. The van der Waals surface area contributed by atoms with Gasteiger partial charge in [-0.1, -0.05) is 0 Å². The van der Waals surface area contributed by atoms with Gasteiger partial charge in [0.25, 0.3) is 5.91 Å². The Morgan fingerprint density at radius 3 is 2.69 bits per heavy atom. The smallest absolute Gasteiger partial charge is 0.321 e. The molecule has 0 aliphatic carbocycles. The van der Waals surface area contributed by atoms with Crippen molar-refractivity contribution < 1.29 is 23.5 Å². The minimum Gasteiger partial charge on any atom is -0.494 e. The van der Waals surface area contributed by atoms with E-state index in [9.17, 15) is 14.0 Å². The zero-order chi connectivity index (χ0) is 22.5. The van der Waals surface area contributed by atoms with Gasteiger partial charge in [0, 0.05) is 44.0 Å². The fourth-order valence-electron chi connectivity index (χ4n) is 4.03. The Kier molecular flexibility index (Phi) is 6.72. The van der Waals surface area contributed by atoms with Gasteiger partial charge in [-0.05, 0) is 43.5 Å². The highest BCUT2D eigenvalue weighted by Crippen LogP contribution is 2.24.